The Morgan fingerprint density at radius 3 is 2.41 bits per heavy atom. The number of likely N-dealkylation sites (tertiary alicyclic amines) is 1. The lowest BCUT2D eigenvalue weighted by Crippen LogP contribution is -2.49. The maximum absolute atomic E-state index is 9.03. The highest BCUT2D eigenvalue weighted by molar-refractivity contribution is 5.08. The van der Waals surface area contributed by atoms with Crippen molar-refractivity contribution in [3.05, 3.63) is 0 Å². The van der Waals surface area contributed by atoms with E-state index in [-0.39, 0.29) is 0 Å². The summed E-state index contributed by atoms with van der Waals surface area (Å²) in [7, 11) is 4.43. The van der Waals surface area contributed by atoms with Crippen molar-refractivity contribution in [3.8, 4) is 6.07 Å². The predicted molar refractivity (Wildman–Crippen MR) is 68.5 cm³/mol. The van der Waals surface area contributed by atoms with Crippen molar-refractivity contribution < 1.29 is 0 Å². The molecule has 4 nitrogen and oxygen atoms in total. The third-order valence-corrected chi connectivity index (χ3v) is 4.59. The van der Waals surface area contributed by atoms with Crippen LogP contribution in [0.4, 0.5) is 0 Å². The Balaban J connectivity index is 1.86. The molecule has 0 spiro atoms. The minimum Gasteiger partial charge on any atom is -0.313 e. The molecule has 0 aromatic carbocycles. The van der Waals surface area contributed by atoms with Gasteiger partial charge in [-0.2, -0.15) is 5.26 Å². The van der Waals surface area contributed by atoms with E-state index >= 15 is 0 Å². The molecule has 1 atom stereocenters. The zero-order valence-corrected chi connectivity index (χ0v) is 11.0. The molecule has 1 saturated carbocycles. The van der Waals surface area contributed by atoms with Gasteiger partial charge in [0.15, 0.2) is 0 Å². The highest BCUT2D eigenvalue weighted by Crippen LogP contribution is 2.30. The Labute approximate surface area is 104 Å². The fourth-order valence-corrected chi connectivity index (χ4v) is 3.18. The van der Waals surface area contributed by atoms with Crippen molar-refractivity contribution in [2.75, 3.05) is 27.2 Å². The van der Waals surface area contributed by atoms with E-state index in [9.17, 15) is 0 Å². The van der Waals surface area contributed by atoms with E-state index in [2.05, 4.69) is 30.0 Å². The van der Waals surface area contributed by atoms with Crippen LogP contribution in [-0.4, -0.2) is 54.6 Å². The lowest BCUT2D eigenvalue weighted by molar-refractivity contribution is 0.125. The molecular weight excluding hydrogens is 212 g/mol. The SMILES string of the molecule is CN1CCC(N(C)C2CCC(N)(C#N)CC2)C1. The van der Waals surface area contributed by atoms with E-state index in [0.717, 1.165) is 25.7 Å². The van der Waals surface area contributed by atoms with Gasteiger partial charge < -0.3 is 10.6 Å². The molecule has 2 fully saturated rings. The standard InChI is InChI=1S/C13H24N4/c1-16-8-5-12(9-16)17(2)11-3-6-13(15,10-14)7-4-11/h11-12H,3-9,15H2,1-2H3. The molecule has 0 amide bonds. The van der Waals surface area contributed by atoms with Gasteiger partial charge >= 0.3 is 0 Å². The summed E-state index contributed by atoms with van der Waals surface area (Å²) in [5, 5.41) is 9.03. The van der Waals surface area contributed by atoms with Crippen molar-refractivity contribution in [1.82, 2.24) is 9.80 Å². The Kier molecular flexibility index (Phi) is 3.72. The van der Waals surface area contributed by atoms with E-state index in [1.54, 1.807) is 0 Å². The minimum absolute atomic E-state index is 0.552. The van der Waals surface area contributed by atoms with E-state index < -0.39 is 5.54 Å². The molecule has 0 radical (unpaired) electrons. The molecule has 17 heavy (non-hydrogen) atoms. The van der Waals surface area contributed by atoms with Crippen LogP contribution in [0.3, 0.4) is 0 Å². The summed E-state index contributed by atoms with van der Waals surface area (Å²) in [4.78, 5) is 4.92. The monoisotopic (exact) mass is 236 g/mol. The number of rotatable bonds is 2. The molecule has 0 aromatic heterocycles. The van der Waals surface area contributed by atoms with Crippen LogP contribution in [0.5, 0.6) is 0 Å². The zero-order valence-electron chi connectivity index (χ0n) is 11.0. The Bertz CT molecular complexity index is 301. The summed E-state index contributed by atoms with van der Waals surface area (Å²) in [6.07, 6.45) is 5.11. The van der Waals surface area contributed by atoms with Crippen molar-refractivity contribution in [3.63, 3.8) is 0 Å². The molecule has 1 saturated heterocycles. The maximum atomic E-state index is 9.03. The van der Waals surface area contributed by atoms with Gasteiger partial charge in [-0.1, -0.05) is 0 Å². The zero-order chi connectivity index (χ0) is 12.5. The first-order valence-corrected chi connectivity index (χ1v) is 6.65. The van der Waals surface area contributed by atoms with Crippen LogP contribution in [-0.2, 0) is 0 Å². The second-order valence-corrected chi connectivity index (χ2v) is 5.87. The topological polar surface area (TPSA) is 56.3 Å². The van der Waals surface area contributed by atoms with E-state index in [0.29, 0.717) is 12.1 Å². The van der Waals surface area contributed by atoms with Crippen LogP contribution >= 0.6 is 0 Å². The van der Waals surface area contributed by atoms with Crippen LogP contribution < -0.4 is 5.73 Å². The van der Waals surface area contributed by atoms with Crippen molar-refractivity contribution in [1.29, 1.82) is 5.26 Å². The summed E-state index contributed by atoms with van der Waals surface area (Å²) in [5.74, 6) is 0. The lowest BCUT2D eigenvalue weighted by Gasteiger charge is -2.39. The summed E-state index contributed by atoms with van der Waals surface area (Å²) in [5.41, 5.74) is 5.46. The highest BCUT2D eigenvalue weighted by Gasteiger charge is 2.35. The number of likely N-dealkylation sites (N-methyl/N-ethyl adjacent to an activating group) is 2. The Morgan fingerprint density at radius 2 is 1.94 bits per heavy atom. The number of hydrogen-bond donors (Lipinski definition) is 1. The van der Waals surface area contributed by atoms with Gasteiger partial charge in [-0.15, -0.1) is 0 Å². The molecule has 1 heterocycles. The van der Waals surface area contributed by atoms with Crippen LogP contribution in [0.1, 0.15) is 32.1 Å². The van der Waals surface area contributed by atoms with E-state index in [1.165, 1.54) is 19.5 Å². The molecule has 4 heteroatoms. The molecule has 1 unspecified atom stereocenters. The Morgan fingerprint density at radius 1 is 1.29 bits per heavy atom. The van der Waals surface area contributed by atoms with E-state index in [4.69, 9.17) is 11.0 Å². The van der Waals surface area contributed by atoms with Gasteiger partial charge in [0.25, 0.3) is 0 Å². The van der Waals surface area contributed by atoms with Gasteiger partial charge in [-0.3, -0.25) is 4.90 Å². The normalized spacial score (nSPS) is 39.5. The first-order valence-electron chi connectivity index (χ1n) is 6.65. The molecule has 0 bridgehead atoms. The molecule has 96 valence electrons. The second kappa shape index (κ2) is 4.93. The van der Waals surface area contributed by atoms with Crippen LogP contribution in [0.25, 0.3) is 0 Å². The summed E-state index contributed by atoms with van der Waals surface area (Å²) >= 11 is 0. The smallest absolute Gasteiger partial charge is 0.104 e. The van der Waals surface area contributed by atoms with Crippen LogP contribution in [0.15, 0.2) is 0 Å². The third-order valence-electron chi connectivity index (χ3n) is 4.59. The van der Waals surface area contributed by atoms with Crippen LogP contribution in [0.2, 0.25) is 0 Å². The van der Waals surface area contributed by atoms with E-state index in [1.807, 2.05) is 0 Å². The molecule has 2 aliphatic rings. The Hall–Kier alpha value is -0.630. The average Bonchev–Trinajstić information content (AvgIpc) is 2.76. The number of nitrogens with two attached hydrogens (primary N) is 1. The predicted octanol–water partition coefficient (Wildman–Crippen LogP) is 0.786. The highest BCUT2D eigenvalue weighted by atomic mass is 15.2. The fraction of sp³-hybridized carbons (Fsp3) is 0.923. The molecular formula is C13H24N4. The van der Waals surface area contributed by atoms with Gasteiger partial charge in [0, 0.05) is 18.6 Å². The third kappa shape index (κ3) is 2.79. The quantitative estimate of drug-likeness (QED) is 0.770. The van der Waals surface area contributed by atoms with Crippen LogP contribution in [0, 0.1) is 11.3 Å². The van der Waals surface area contributed by atoms with Gasteiger partial charge in [-0.25, -0.2) is 0 Å². The average molecular weight is 236 g/mol. The first kappa shape index (κ1) is 12.8. The number of hydrogen-bond acceptors (Lipinski definition) is 4. The second-order valence-electron chi connectivity index (χ2n) is 5.87. The molecule has 2 N–H and O–H groups in total. The van der Waals surface area contributed by atoms with Gasteiger partial charge in [0.05, 0.1) is 6.07 Å². The van der Waals surface area contributed by atoms with Crippen molar-refractivity contribution in [2.24, 2.45) is 5.73 Å². The van der Waals surface area contributed by atoms with Gasteiger partial charge in [-0.05, 0) is 52.7 Å². The first-order chi connectivity index (χ1) is 8.04. The van der Waals surface area contributed by atoms with Gasteiger partial charge in [0.2, 0.25) is 0 Å². The maximum Gasteiger partial charge on any atom is 0.104 e. The largest absolute Gasteiger partial charge is 0.313 e. The summed E-state index contributed by atoms with van der Waals surface area (Å²) in [6.45, 7) is 2.39. The molecule has 1 aliphatic heterocycles. The summed E-state index contributed by atoms with van der Waals surface area (Å²) in [6, 6.07) is 3.58. The molecule has 2 rings (SSSR count). The molecule has 1 aliphatic carbocycles. The summed E-state index contributed by atoms with van der Waals surface area (Å²) < 4.78 is 0. The number of nitrogens with zero attached hydrogens (tertiary/aromatic N) is 3. The fourth-order valence-electron chi connectivity index (χ4n) is 3.18. The minimum atomic E-state index is -0.552. The molecule has 0 aromatic rings. The number of nitriles is 1. The lowest BCUT2D eigenvalue weighted by atomic mass is 9.80. The van der Waals surface area contributed by atoms with Crippen molar-refractivity contribution in [2.45, 2.75) is 49.7 Å². The van der Waals surface area contributed by atoms with Gasteiger partial charge in [0.1, 0.15) is 5.54 Å². The van der Waals surface area contributed by atoms with Crippen molar-refractivity contribution >= 4 is 0 Å².